The average molecular weight is 479 g/mol. The van der Waals surface area contributed by atoms with Gasteiger partial charge in [0.2, 0.25) is 0 Å². The minimum atomic E-state index is -1.35. The van der Waals surface area contributed by atoms with Gasteiger partial charge in [-0.05, 0) is 28.8 Å². The van der Waals surface area contributed by atoms with Crippen LogP contribution in [-0.4, -0.2) is 83.4 Å². The van der Waals surface area contributed by atoms with Gasteiger partial charge in [0.1, 0.15) is 30.5 Å². The van der Waals surface area contributed by atoms with Crippen molar-refractivity contribution in [2.45, 2.75) is 74.9 Å². The van der Waals surface area contributed by atoms with Gasteiger partial charge in [0.25, 0.3) is 0 Å². The van der Waals surface area contributed by atoms with E-state index in [4.69, 9.17) is 37.1 Å². The molecule has 0 saturated carbocycles. The lowest BCUT2D eigenvalue weighted by molar-refractivity contribution is -0.287. The third kappa shape index (κ3) is 6.10. The minimum Gasteiger partial charge on any atom is -0.389 e. The smallest absolute Gasteiger partial charge is 0.176 e. The number of benzene rings is 2. The highest BCUT2D eigenvalue weighted by Gasteiger charge is 2.46. The van der Waals surface area contributed by atoms with Gasteiger partial charge in [-0.25, -0.2) is 0 Å². The van der Waals surface area contributed by atoms with Crippen LogP contribution in [0.2, 0.25) is 0 Å². The van der Waals surface area contributed by atoms with Crippen LogP contribution in [0.5, 0.6) is 0 Å². The van der Waals surface area contributed by atoms with E-state index < -0.39 is 55.0 Å². The second kappa shape index (κ2) is 12.3. The topological polar surface area (TPSA) is 192 Å². The Morgan fingerprint density at radius 3 is 2.41 bits per heavy atom. The first kappa shape index (κ1) is 26.9. The third-order valence-corrected chi connectivity index (χ3v) is 6.39. The molecule has 0 bridgehead atoms. The van der Waals surface area contributed by atoms with Crippen molar-refractivity contribution in [1.29, 1.82) is 0 Å². The molecule has 3 rings (SSSR count). The fraction of sp³-hybridized carbons (Fsp3) is 0.583. The van der Waals surface area contributed by atoms with Gasteiger partial charge >= 0.3 is 0 Å². The van der Waals surface area contributed by atoms with E-state index in [0.29, 0.717) is 6.42 Å². The Kier molecular flexibility index (Phi) is 9.74. The molecule has 0 spiro atoms. The quantitative estimate of drug-likeness (QED) is 0.208. The fourth-order valence-electron chi connectivity index (χ4n) is 4.15. The first-order valence-electron chi connectivity index (χ1n) is 11.7. The Hall–Kier alpha value is -1.70. The minimum absolute atomic E-state index is 0.00274. The number of aliphatic hydroxyl groups is 3. The summed E-state index contributed by atoms with van der Waals surface area (Å²) < 4.78 is 17.7. The molecule has 0 amide bonds. The Labute approximate surface area is 199 Å². The maximum Gasteiger partial charge on any atom is 0.176 e. The van der Waals surface area contributed by atoms with Crippen molar-refractivity contribution >= 4 is 10.8 Å². The summed E-state index contributed by atoms with van der Waals surface area (Å²) in [5, 5.41) is 33.8. The van der Waals surface area contributed by atoms with E-state index in [1.807, 2.05) is 42.5 Å². The molecule has 190 valence electrons. The maximum atomic E-state index is 10.8. The number of fused-ring (bicyclic) bond motifs is 1. The zero-order chi connectivity index (χ0) is 24.8. The van der Waals surface area contributed by atoms with Gasteiger partial charge in [-0.1, -0.05) is 43.3 Å². The Bertz CT molecular complexity index is 905. The number of hydrogen-bond acceptors (Lipinski definition) is 10. The summed E-state index contributed by atoms with van der Waals surface area (Å²) in [6.07, 6.45) is -6.95. The highest BCUT2D eigenvalue weighted by molar-refractivity contribution is 5.82. The number of ether oxygens (including phenoxy) is 3. The van der Waals surface area contributed by atoms with Gasteiger partial charge in [-0.15, -0.1) is 0 Å². The fourth-order valence-corrected chi connectivity index (χ4v) is 4.15. The molecule has 0 aromatic heterocycles. The number of rotatable bonds is 11. The standard InChI is InChI=1S/C24H38N4O6/c1-2-16(27)20(29)21(30)17(10-25)33-24-19(28)23(22(31)18(11-26)34-24)32-12-13-7-8-14-5-3-4-6-15(14)9-13/h3-9,16-24,29-31H,2,10-12,25-28H2,1H3. The van der Waals surface area contributed by atoms with Crippen LogP contribution in [0, 0.1) is 0 Å². The largest absolute Gasteiger partial charge is 0.389 e. The number of nitrogens with two attached hydrogens (primary N) is 4. The Morgan fingerprint density at radius 2 is 1.76 bits per heavy atom. The SMILES string of the molecule is CCC(N)C(O)C(O)C(CN)OC1OC(CN)C(O)C(OCc2ccc3ccccc3c2)C1N. The van der Waals surface area contributed by atoms with Gasteiger partial charge in [0, 0.05) is 19.1 Å². The zero-order valence-corrected chi connectivity index (χ0v) is 19.4. The Morgan fingerprint density at radius 1 is 1.06 bits per heavy atom. The lowest BCUT2D eigenvalue weighted by Gasteiger charge is -2.44. The maximum absolute atomic E-state index is 10.8. The Balaban J connectivity index is 1.71. The van der Waals surface area contributed by atoms with Crippen LogP contribution in [0.25, 0.3) is 10.8 Å². The first-order valence-corrected chi connectivity index (χ1v) is 11.7. The van der Waals surface area contributed by atoms with Crippen LogP contribution in [0.3, 0.4) is 0 Å². The molecule has 0 aliphatic carbocycles. The van der Waals surface area contributed by atoms with Crippen molar-refractivity contribution in [3.63, 3.8) is 0 Å². The van der Waals surface area contributed by atoms with E-state index in [0.717, 1.165) is 16.3 Å². The first-order chi connectivity index (χ1) is 16.3. The normalized spacial score (nSPS) is 29.0. The summed E-state index contributed by atoms with van der Waals surface area (Å²) in [6.45, 7) is 1.89. The molecule has 9 atom stereocenters. The van der Waals surface area contributed by atoms with Crippen LogP contribution >= 0.6 is 0 Å². The zero-order valence-electron chi connectivity index (χ0n) is 19.4. The van der Waals surface area contributed by atoms with Crippen molar-refractivity contribution in [3.05, 3.63) is 48.0 Å². The predicted octanol–water partition coefficient (Wildman–Crippen LogP) is -1.10. The van der Waals surface area contributed by atoms with Gasteiger partial charge in [0.05, 0.1) is 18.8 Å². The van der Waals surface area contributed by atoms with E-state index in [1.165, 1.54) is 0 Å². The molecule has 10 nitrogen and oxygen atoms in total. The molecular weight excluding hydrogens is 440 g/mol. The summed E-state index contributed by atoms with van der Waals surface area (Å²) in [5.41, 5.74) is 24.7. The van der Waals surface area contributed by atoms with E-state index >= 15 is 0 Å². The van der Waals surface area contributed by atoms with Gasteiger partial charge < -0.3 is 52.5 Å². The van der Waals surface area contributed by atoms with Crippen molar-refractivity contribution < 1.29 is 29.5 Å². The molecule has 1 aliphatic heterocycles. The average Bonchev–Trinajstić information content (AvgIpc) is 2.86. The molecule has 1 heterocycles. The molecule has 0 radical (unpaired) electrons. The van der Waals surface area contributed by atoms with Crippen LogP contribution in [0.1, 0.15) is 18.9 Å². The summed E-state index contributed by atoms with van der Waals surface area (Å²) >= 11 is 0. The van der Waals surface area contributed by atoms with Gasteiger partial charge in [0.15, 0.2) is 6.29 Å². The predicted molar refractivity (Wildman–Crippen MR) is 128 cm³/mol. The van der Waals surface area contributed by atoms with Crippen LogP contribution in [-0.2, 0) is 20.8 Å². The van der Waals surface area contributed by atoms with Crippen LogP contribution in [0.4, 0.5) is 0 Å². The lowest BCUT2D eigenvalue weighted by atomic mass is 9.96. The van der Waals surface area contributed by atoms with Crippen LogP contribution in [0.15, 0.2) is 42.5 Å². The van der Waals surface area contributed by atoms with E-state index in [9.17, 15) is 15.3 Å². The van der Waals surface area contributed by atoms with Crippen LogP contribution < -0.4 is 22.9 Å². The van der Waals surface area contributed by atoms with E-state index in [1.54, 1.807) is 6.92 Å². The highest BCUT2D eigenvalue weighted by Crippen LogP contribution is 2.26. The molecular formula is C24H38N4O6. The molecule has 1 saturated heterocycles. The van der Waals surface area contributed by atoms with Crippen molar-refractivity contribution in [2.24, 2.45) is 22.9 Å². The molecule has 2 aromatic carbocycles. The monoisotopic (exact) mass is 478 g/mol. The second-order valence-electron chi connectivity index (χ2n) is 8.77. The van der Waals surface area contributed by atoms with E-state index in [2.05, 4.69) is 0 Å². The van der Waals surface area contributed by atoms with Crippen molar-refractivity contribution in [2.75, 3.05) is 13.1 Å². The molecule has 9 unspecified atom stereocenters. The highest BCUT2D eigenvalue weighted by atomic mass is 16.7. The van der Waals surface area contributed by atoms with Gasteiger partial charge in [-0.2, -0.15) is 0 Å². The lowest BCUT2D eigenvalue weighted by Crippen LogP contribution is -2.65. The number of hydrogen-bond donors (Lipinski definition) is 7. The summed E-state index contributed by atoms with van der Waals surface area (Å²) in [7, 11) is 0. The molecule has 1 fully saturated rings. The molecule has 34 heavy (non-hydrogen) atoms. The van der Waals surface area contributed by atoms with Crippen molar-refractivity contribution in [3.8, 4) is 0 Å². The third-order valence-electron chi connectivity index (χ3n) is 6.39. The van der Waals surface area contributed by atoms with Gasteiger partial charge in [-0.3, -0.25) is 0 Å². The second-order valence-corrected chi connectivity index (χ2v) is 8.77. The molecule has 10 heteroatoms. The van der Waals surface area contributed by atoms with E-state index in [-0.39, 0.29) is 19.7 Å². The molecule has 2 aromatic rings. The summed E-state index contributed by atoms with van der Waals surface area (Å²) in [6, 6.07) is 12.4. The summed E-state index contributed by atoms with van der Waals surface area (Å²) in [5.74, 6) is 0. The summed E-state index contributed by atoms with van der Waals surface area (Å²) in [4.78, 5) is 0. The van der Waals surface area contributed by atoms with Crippen molar-refractivity contribution in [1.82, 2.24) is 0 Å². The molecule has 1 aliphatic rings. The molecule has 11 N–H and O–H groups in total. The number of aliphatic hydroxyl groups excluding tert-OH is 3.